The molecule has 0 aliphatic heterocycles. The Morgan fingerprint density at radius 1 is 1.04 bits per heavy atom. The van der Waals surface area contributed by atoms with E-state index in [9.17, 15) is 8.42 Å². The summed E-state index contributed by atoms with van der Waals surface area (Å²) in [4.78, 5) is 8.18. The quantitative estimate of drug-likeness (QED) is 0.654. The molecule has 4 N–H and O–H groups in total. The van der Waals surface area contributed by atoms with Gasteiger partial charge in [0, 0.05) is 17.3 Å². The van der Waals surface area contributed by atoms with Crippen LogP contribution in [-0.4, -0.2) is 18.4 Å². The summed E-state index contributed by atoms with van der Waals surface area (Å²) < 4.78 is 26.9. The maximum absolute atomic E-state index is 12.2. The van der Waals surface area contributed by atoms with Crippen molar-refractivity contribution in [1.82, 2.24) is 9.97 Å². The number of nitrogens with one attached hydrogen (secondary N) is 2. The minimum atomic E-state index is -3.64. The van der Waals surface area contributed by atoms with Crippen molar-refractivity contribution in [1.29, 1.82) is 0 Å². The Hall–Kier alpha value is -2.65. The molecule has 0 spiro atoms. The van der Waals surface area contributed by atoms with Gasteiger partial charge in [-0.3, -0.25) is 4.72 Å². The molecule has 1 aromatic carbocycles. The van der Waals surface area contributed by atoms with E-state index in [1.54, 1.807) is 35.8 Å². The van der Waals surface area contributed by atoms with E-state index >= 15 is 0 Å². The summed E-state index contributed by atoms with van der Waals surface area (Å²) in [6, 6.07) is 9.81. The molecule has 0 radical (unpaired) electrons. The first-order valence-electron chi connectivity index (χ1n) is 6.54. The lowest BCUT2D eigenvalue weighted by Crippen LogP contribution is -2.12. The van der Waals surface area contributed by atoms with Crippen LogP contribution in [0.3, 0.4) is 0 Å². The van der Waals surface area contributed by atoms with Crippen molar-refractivity contribution in [2.45, 2.75) is 4.90 Å². The molecular weight excluding hydrogens is 334 g/mol. The molecule has 0 saturated heterocycles. The highest BCUT2D eigenvalue weighted by Gasteiger charge is 2.15. The zero-order chi connectivity index (χ0) is 16.3. The largest absolute Gasteiger partial charge is 0.397 e. The van der Waals surface area contributed by atoms with Crippen LogP contribution in [0.2, 0.25) is 0 Å². The molecule has 2 aromatic heterocycles. The van der Waals surface area contributed by atoms with Crippen LogP contribution in [0.15, 0.2) is 59.1 Å². The first-order valence-corrected chi connectivity index (χ1v) is 8.90. The van der Waals surface area contributed by atoms with Gasteiger partial charge in [-0.05, 0) is 36.4 Å². The maximum Gasteiger partial charge on any atom is 0.263 e. The number of aromatic nitrogens is 2. The lowest BCUT2D eigenvalue weighted by atomic mass is 10.3. The molecule has 3 aromatic rings. The van der Waals surface area contributed by atoms with Gasteiger partial charge < -0.3 is 11.1 Å². The summed E-state index contributed by atoms with van der Waals surface area (Å²) >= 11 is 1.22. The average molecular weight is 347 g/mol. The van der Waals surface area contributed by atoms with E-state index in [4.69, 9.17) is 5.73 Å². The van der Waals surface area contributed by atoms with Crippen LogP contribution >= 0.6 is 11.3 Å². The highest BCUT2D eigenvalue weighted by molar-refractivity contribution is 7.93. The molecule has 0 amide bonds. The fraction of sp³-hybridized carbons (Fsp3) is 0. The first-order chi connectivity index (χ1) is 11.0. The number of thiazole rings is 1. The zero-order valence-corrected chi connectivity index (χ0v) is 13.4. The highest BCUT2D eigenvalue weighted by Crippen LogP contribution is 2.21. The fourth-order valence-corrected chi connectivity index (χ4v) is 3.58. The third kappa shape index (κ3) is 3.76. The molecular formula is C14H13N5O2S2. The van der Waals surface area contributed by atoms with E-state index in [0.29, 0.717) is 16.6 Å². The molecule has 0 atom stereocenters. The number of sulfonamides is 1. The molecule has 3 rings (SSSR count). The number of benzene rings is 1. The minimum Gasteiger partial charge on any atom is -0.397 e. The molecule has 0 saturated carbocycles. The molecule has 118 valence electrons. The number of anilines is 4. The van der Waals surface area contributed by atoms with Crippen LogP contribution in [0.5, 0.6) is 0 Å². The third-order valence-corrected chi connectivity index (χ3v) is 5.05. The van der Waals surface area contributed by atoms with Crippen molar-refractivity contribution in [2.24, 2.45) is 0 Å². The molecule has 2 heterocycles. The van der Waals surface area contributed by atoms with Crippen LogP contribution in [0.1, 0.15) is 0 Å². The van der Waals surface area contributed by atoms with Gasteiger partial charge in [-0.2, -0.15) is 0 Å². The van der Waals surface area contributed by atoms with Crippen molar-refractivity contribution in [3.63, 3.8) is 0 Å². The Balaban J connectivity index is 1.75. The summed E-state index contributed by atoms with van der Waals surface area (Å²) in [6.07, 6.45) is 3.08. The summed E-state index contributed by atoms with van der Waals surface area (Å²) in [5.74, 6) is 0.621. The lowest BCUT2D eigenvalue weighted by molar-refractivity contribution is 0.601. The molecule has 9 heteroatoms. The van der Waals surface area contributed by atoms with Crippen LogP contribution in [0.25, 0.3) is 0 Å². The number of nitrogens with two attached hydrogens (primary N) is 1. The fourth-order valence-electron chi connectivity index (χ4n) is 1.79. The Bertz CT molecular complexity index is 876. The number of nitrogen functional groups attached to an aromatic ring is 1. The highest BCUT2D eigenvalue weighted by atomic mass is 32.2. The maximum atomic E-state index is 12.2. The predicted molar refractivity (Wildman–Crippen MR) is 91.3 cm³/mol. The number of hydrogen-bond acceptors (Lipinski definition) is 7. The standard InChI is InChI=1S/C14H13N5O2S2/c15-10-1-6-13(17-9-10)18-11-2-4-12(5-3-11)23(20,21)19-14-16-7-8-22-14/h1-9H,15H2,(H,16,19)(H,17,18). The van der Waals surface area contributed by atoms with E-state index in [1.165, 1.54) is 29.7 Å². The Morgan fingerprint density at radius 3 is 2.43 bits per heavy atom. The molecule has 0 bridgehead atoms. The van der Waals surface area contributed by atoms with Gasteiger partial charge in [0.25, 0.3) is 10.0 Å². The van der Waals surface area contributed by atoms with E-state index in [2.05, 4.69) is 20.0 Å². The van der Waals surface area contributed by atoms with E-state index in [-0.39, 0.29) is 4.90 Å². The number of pyridine rings is 1. The van der Waals surface area contributed by atoms with Crippen LogP contribution in [-0.2, 0) is 10.0 Å². The van der Waals surface area contributed by atoms with Gasteiger partial charge in [-0.15, -0.1) is 11.3 Å². The molecule has 0 unspecified atom stereocenters. The zero-order valence-electron chi connectivity index (χ0n) is 11.8. The van der Waals surface area contributed by atoms with Crippen LogP contribution in [0.4, 0.5) is 22.3 Å². The molecule has 7 nitrogen and oxygen atoms in total. The minimum absolute atomic E-state index is 0.156. The van der Waals surface area contributed by atoms with E-state index in [1.807, 2.05) is 0 Å². The second kappa shape index (κ2) is 6.23. The summed E-state index contributed by atoms with van der Waals surface area (Å²) in [5.41, 5.74) is 6.87. The Morgan fingerprint density at radius 2 is 1.83 bits per heavy atom. The lowest BCUT2D eigenvalue weighted by Gasteiger charge is -2.08. The van der Waals surface area contributed by atoms with Gasteiger partial charge >= 0.3 is 0 Å². The number of nitrogens with zero attached hydrogens (tertiary/aromatic N) is 2. The van der Waals surface area contributed by atoms with Gasteiger partial charge in [-0.1, -0.05) is 0 Å². The SMILES string of the molecule is Nc1ccc(Nc2ccc(S(=O)(=O)Nc3nccs3)cc2)nc1. The van der Waals surface area contributed by atoms with E-state index in [0.717, 1.165) is 5.69 Å². The second-order valence-electron chi connectivity index (χ2n) is 4.57. The van der Waals surface area contributed by atoms with Gasteiger partial charge in [0.15, 0.2) is 5.13 Å². The van der Waals surface area contributed by atoms with Crippen molar-refractivity contribution in [3.8, 4) is 0 Å². The van der Waals surface area contributed by atoms with Gasteiger partial charge in [-0.25, -0.2) is 18.4 Å². The van der Waals surface area contributed by atoms with Crippen molar-refractivity contribution < 1.29 is 8.42 Å². The summed E-state index contributed by atoms with van der Waals surface area (Å²) in [5, 5.41) is 5.09. The molecule has 0 aliphatic rings. The van der Waals surface area contributed by atoms with Crippen LogP contribution < -0.4 is 15.8 Å². The molecule has 0 fully saturated rings. The smallest absolute Gasteiger partial charge is 0.263 e. The van der Waals surface area contributed by atoms with Crippen LogP contribution in [0, 0.1) is 0 Å². The van der Waals surface area contributed by atoms with Crippen molar-refractivity contribution in [3.05, 3.63) is 54.2 Å². The van der Waals surface area contributed by atoms with Crippen molar-refractivity contribution in [2.75, 3.05) is 15.8 Å². The number of hydrogen-bond donors (Lipinski definition) is 3. The topological polar surface area (TPSA) is 110 Å². The average Bonchev–Trinajstić information content (AvgIpc) is 3.02. The Labute approximate surface area is 137 Å². The molecule has 23 heavy (non-hydrogen) atoms. The molecule has 0 aliphatic carbocycles. The normalized spacial score (nSPS) is 11.1. The number of rotatable bonds is 5. The van der Waals surface area contributed by atoms with E-state index < -0.39 is 10.0 Å². The monoisotopic (exact) mass is 347 g/mol. The van der Waals surface area contributed by atoms with Gasteiger partial charge in [0.1, 0.15) is 5.82 Å². The van der Waals surface area contributed by atoms with Gasteiger partial charge in [0.05, 0.1) is 16.8 Å². The summed E-state index contributed by atoms with van der Waals surface area (Å²) in [7, 11) is -3.64. The third-order valence-electron chi connectivity index (χ3n) is 2.88. The Kier molecular flexibility index (Phi) is 4.13. The first kappa shape index (κ1) is 15.3. The predicted octanol–water partition coefficient (Wildman–Crippen LogP) is 2.66. The second-order valence-corrected chi connectivity index (χ2v) is 7.15. The summed E-state index contributed by atoms with van der Waals surface area (Å²) in [6.45, 7) is 0. The van der Waals surface area contributed by atoms with Crippen molar-refractivity contribution >= 4 is 43.7 Å². The van der Waals surface area contributed by atoms with Gasteiger partial charge in [0.2, 0.25) is 0 Å².